The second-order valence-electron chi connectivity index (χ2n) is 7.30. The third-order valence-corrected chi connectivity index (χ3v) is 4.69. The van der Waals surface area contributed by atoms with E-state index < -0.39 is 6.10 Å². The van der Waals surface area contributed by atoms with Crippen LogP contribution < -0.4 is 10.1 Å². The van der Waals surface area contributed by atoms with Crippen LogP contribution in [-0.2, 0) is 4.79 Å². The summed E-state index contributed by atoms with van der Waals surface area (Å²) < 4.78 is 5.58. The Labute approximate surface area is 177 Å². The maximum atomic E-state index is 12.7. The lowest BCUT2D eigenvalue weighted by Crippen LogP contribution is -2.41. The van der Waals surface area contributed by atoms with E-state index in [4.69, 9.17) is 4.74 Å². The van der Waals surface area contributed by atoms with Crippen LogP contribution in [0.2, 0.25) is 0 Å². The van der Waals surface area contributed by atoms with Crippen molar-refractivity contribution in [2.75, 3.05) is 26.7 Å². The lowest BCUT2D eigenvalue weighted by atomic mass is 9.99. The lowest BCUT2D eigenvalue weighted by Gasteiger charge is -2.23. The molecular weight excluding hydrogens is 376 g/mol. The number of amides is 1. The molecule has 5 nitrogen and oxygen atoms in total. The smallest absolute Gasteiger partial charge is 0.234 e. The number of carbonyl (C=O) groups excluding carboxylic acids is 1. The summed E-state index contributed by atoms with van der Waals surface area (Å²) in [4.78, 5) is 14.5. The Bertz CT molecular complexity index is 849. The van der Waals surface area contributed by atoms with Gasteiger partial charge in [-0.05, 0) is 30.3 Å². The number of rotatable bonds is 10. The molecule has 0 aliphatic rings. The lowest BCUT2D eigenvalue weighted by molar-refractivity contribution is -0.122. The van der Waals surface area contributed by atoms with Crippen molar-refractivity contribution in [1.29, 1.82) is 0 Å². The number of nitrogens with zero attached hydrogens (tertiary/aromatic N) is 1. The molecule has 0 spiro atoms. The summed E-state index contributed by atoms with van der Waals surface area (Å²) in [5, 5.41) is 13.4. The number of para-hydroxylation sites is 1. The number of benzene rings is 3. The summed E-state index contributed by atoms with van der Waals surface area (Å²) in [6.07, 6.45) is -0.693. The molecule has 0 bridgehead atoms. The maximum Gasteiger partial charge on any atom is 0.234 e. The van der Waals surface area contributed by atoms with Crippen LogP contribution in [-0.4, -0.2) is 48.8 Å². The minimum absolute atomic E-state index is 0.105. The molecule has 1 amide bonds. The van der Waals surface area contributed by atoms with Crippen LogP contribution in [0.4, 0.5) is 0 Å². The van der Waals surface area contributed by atoms with Crippen LogP contribution in [0.1, 0.15) is 17.2 Å². The van der Waals surface area contributed by atoms with Gasteiger partial charge in [0, 0.05) is 6.54 Å². The standard InChI is InChI=1S/C25H28N2O3/c1-27(17-22(28)19-30-23-15-9-4-10-16-23)18-24(29)26-25(20-11-5-2-6-12-20)21-13-7-3-8-14-21/h2-16,22,25,28H,17-19H2,1H3,(H,26,29)/t22-/m1/s1. The van der Waals surface area contributed by atoms with Gasteiger partial charge < -0.3 is 15.2 Å². The highest BCUT2D eigenvalue weighted by atomic mass is 16.5. The van der Waals surface area contributed by atoms with E-state index in [1.165, 1.54) is 0 Å². The van der Waals surface area contributed by atoms with Gasteiger partial charge in [-0.1, -0.05) is 78.9 Å². The van der Waals surface area contributed by atoms with E-state index in [-0.39, 0.29) is 25.1 Å². The summed E-state index contributed by atoms with van der Waals surface area (Å²) in [5.41, 5.74) is 2.05. The van der Waals surface area contributed by atoms with E-state index in [1.807, 2.05) is 98.0 Å². The molecule has 0 saturated heterocycles. The first-order chi connectivity index (χ1) is 14.6. The first-order valence-corrected chi connectivity index (χ1v) is 10.1. The topological polar surface area (TPSA) is 61.8 Å². The van der Waals surface area contributed by atoms with Gasteiger partial charge >= 0.3 is 0 Å². The molecule has 3 aromatic rings. The van der Waals surface area contributed by atoms with Crippen LogP contribution in [0.25, 0.3) is 0 Å². The number of aliphatic hydroxyl groups excluding tert-OH is 1. The molecule has 0 aromatic heterocycles. The Kier molecular flexibility index (Phi) is 8.01. The number of carbonyl (C=O) groups is 1. The summed E-state index contributed by atoms with van der Waals surface area (Å²) in [5.74, 6) is 0.608. The van der Waals surface area contributed by atoms with Crippen molar-refractivity contribution in [3.05, 3.63) is 102 Å². The average Bonchev–Trinajstić information content (AvgIpc) is 2.78. The third kappa shape index (κ3) is 6.72. The van der Waals surface area contributed by atoms with E-state index in [0.29, 0.717) is 12.3 Å². The van der Waals surface area contributed by atoms with E-state index in [1.54, 1.807) is 4.90 Å². The van der Waals surface area contributed by atoms with Crippen molar-refractivity contribution >= 4 is 5.91 Å². The second kappa shape index (κ2) is 11.1. The zero-order valence-corrected chi connectivity index (χ0v) is 17.1. The number of hydrogen-bond donors (Lipinski definition) is 2. The molecule has 0 heterocycles. The van der Waals surface area contributed by atoms with E-state index in [2.05, 4.69) is 5.32 Å². The normalized spacial score (nSPS) is 12.0. The molecule has 156 valence electrons. The molecule has 0 unspecified atom stereocenters. The van der Waals surface area contributed by atoms with E-state index >= 15 is 0 Å². The predicted octanol–water partition coefficient (Wildman–Crippen LogP) is 3.26. The van der Waals surface area contributed by atoms with Crippen molar-refractivity contribution in [2.24, 2.45) is 0 Å². The molecule has 3 aromatic carbocycles. The fraction of sp³-hybridized carbons (Fsp3) is 0.240. The summed E-state index contributed by atoms with van der Waals surface area (Å²) in [7, 11) is 1.81. The summed E-state index contributed by atoms with van der Waals surface area (Å²) >= 11 is 0. The van der Waals surface area contributed by atoms with Gasteiger partial charge in [-0.15, -0.1) is 0 Å². The van der Waals surface area contributed by atoms with E-state index in [0.717, 1.165) is 11.1 Å². The molecule has 5 heteroatoms. The first kappa shape index (κ1) is 21.6. The molecule has 0 aliphatic carbocycles. The van der Waals surface area contributed by atoms with E-state index in [9.17, 15) is 9.90 Å². The summed E-state index contributed by atoms with van der Waals surface area (Å²) in [6, 6.07) is 28.9. The molecule has 2 N–H and O–H groups in total. The van der Waals surface area contributed by atoms with Crippen molar-refractivity contribution in [3.63, 3.8) is 0 Å². The van der Waals surface area contributed by atoms with Crippen molar-refractivity contribution in [2.45, 2.75) is 12.1 Å². The number of ether oxygens (including phenoxy) is 1. The maximum absolute atomic E-state index is 12.7. The second-order valence-corrected chi connectivity index (χ2v) is 7.30. The quantitative estimate of drug-likeness (QED) is 0.545. The van der Waals surface area contributed by atoms with Crippen LogP contribution in [0, 0.1) is 0 Å². The molecule has 1 atom stereocenters. The fourth-order valence-corrected chi connectivity index (χ4v) is 3.29. The highest BCUT2D eigenvalue weighted by molar-refractivity contribution is 5.79. The number of likely N-dealkylation sites (N-methyl/N-ethyl adjacent to an activating group) is 1. The molecule has 0 aliphatic heterocycles. The van der Waals surface area contributed by atoms with Gasteiger partial charge in [0.25, 0.3) is 0 Å². The Balaban J connectivity index is 1.53. The Hall–Kier alpha value is -3.15. The minimum atomic E-state index is -0.693. The zero-order valence-electron chi connectivity index (χ0n) is 17.1. The van der Waals surface area contributed by atoms with Crippen molar-refractivity contribution in [1.82, 2.24) is 10.2 Å². The van der Waals surface area contributed by atoms with Gasteiger partial charge in [0.15, 0.2) is 0 Å². The van der Waals surface area contributed by atoms with Gasteiger partial charge in [0.05, 0.1) is 12.6 Å². The van der Waals surface area contributed by atoms with Crippen molar-refractivity contribution in [3.8, 4) is 5.75 Å². The predicted molar refractivity (Wildman–Crippen MR) is 118 cm³/mol. The monoisotopic (exact) mass is 404 g/mol. The molecule has 0 fully saturated rings. The van der Waals surface area contributed by atoms with Crippen LogP contribution in [0.5, 0.6) is 5.75 Å². The van der Waals surface area contributed by atoms with Crippen molar-refractivity contribution < 1.29 is 14.6 Å². The van der Waals surface area contributed by atoms with Gasteiger partial charge in [-0.3, -0.25) is 9.69 Å². The Morgan fingerprint density at radius 2 is 1.40 bits per heavy atom. The largest absolute Gasteiger partial charge is 0.491 e. The summed E-state index contributed by atoms with van der Waals surface area (Å²) in [6.45, 7) is 0.687. The molecule has 0 radical (unpaired) electrons. The van der Waals surface area contributed by atoms with Gasteiger partial charge in [0.1, 0.15) is 18.5 Å². The highest BCUT2D eigenvalue weighted by Crippen LogP contribution is 2.21. The van der Waals surface area contributed by atoms with Gasteiger partial charge in [-0.2, -0.15) is 0 Å². The molecule has 0 saturated carbocycles. The van der Waals surface area contributed by atoms with Gasteiger partial charge in [0.2, 0.25) is 5.91 Å². The minimum Gasteiger partial charge on any atom is -0.491 e. The van der Waals surface area contributed by atoms with Crippen LogP contribution in [0.3, 0.4) is 0 Å². The Morgan fingerprint density at radius 3 is 1.93 bits per heavy atom. The SMILES string of the molecule is CN(CC(=O)NC(c1ccccc1)c1ccccc1)C[C@@H](O)COc1ccccc1. The number of hydrogen-bond acceptors (Lipinski definition) is 4. The Morgan fingerprint density at radius 1 is 0.900 bits per heavy atom. The molecule has 3 rings (SSSR count). The van der Waals surface area contributed by atoms with Crippen LogP contribution >= 0.6 is 0 Å². The molecule has 30 heavy (non-hydrogen) atoms. The third-order valence-electron chi connectivity index (χ3n) is 4.69. The number of nitrogens with one attached hydrogen (secondary N) is 1. The first-order valence-electron chi connectivity index (χ1n) is 10.1. The van der Waals surface area contributed by atoms with Gasteiger partial charge in [-0.25, -0.2) is 0 Å². The zero-order chi connectivity index (χ0) is 21.2. The number of aliphatic hydroxyl groups is 1. The molecular formula is C25H28N2O3. The van der Waals surface area contributed by atoms with Crippen LogP contribution in [0.15, 0.2) is 91.0 Å². The fourth-order valence-electron chi connectivity index (χ4n) is 3.29. The highest BCUT2D eigenvalue weighted by Gasteiger charge is 2.18. The average molecular weight is 405 g/mol.